The van der Waals surface area contributed by atoms with Gasteiger partial charge in [-0.2, -0.15) is 0 Å². The molecule has 110 valence electrons. The molecule has 0 radical (unpaired) electrons. The molecule has 0 amide bonds. The van der Waals surface area contributed by atoms with E-state index in [0.717, 1.165) is 0 Å². The number of likely N-dealkylation sites (tertiary alicyclic amines) is 1. The molecule has 3 rings (SSSR count). The number of benzene rings is 1. The van der Waals surface area contributed by atoms with Gasteiger partial charge in [0.2, 0.25) is 0 Å². The van der Waals surface area contributed by atoms with E-state index < -0.39 is 17.6 Å². The molecule has 1 N–H and O–H groups in total. The van der Waals surface area contributed by atoms with Crippen molar-refractivity contribution in [2.45, 2.75) is 6.54 Å². The van der Waals surface area contributed by atoms with E-state index in [1.807, 2.05) is 4.90 Å². The molecule has 1 saturated heterocycles. The molecule has 1 aliphatic heterocycles. The van der Waals surface area contributed by atoms with Crippen molar-refractivity contribution in [3.8, 4) is 11.3 Å². The lowest BCUT2D eigenvalue weighted by Gasteiger charge is -2.35. The van der Waals surface area contributed by atoms with Crippen LogP contribution in [0.3, 0.4) is 0 Å². The fourth-order valence-electron chi connectivity index (χ4n) is 2.41. The van der Waals surface area contributed by atoms with E-state index in [2.05, 4.69) is 0 Å². The van der Waals surface area contributed by atoms with E-state index >= 15 is 0 Å². The number of furan rings is 1. The fraction of sp³-hybridized carbons (Fsp3) is 0.267. The average molecular weight is 293 g/mol. The van der Waals surface area contributed by atoms with Crippen molar-refractivity contribution in [3.05, 3.63) is 47.7 Å². The quantitative estimate of drug-likeness (QED) is 0.941. The second-order valence-corrected chi connectivity index (χ2v) is 5.09. The Hall–Kier alpha value is -2.21. The molecule has 2 aromatic rings. The zero-order valence-electron chi connectivity index (χ0n) is 11.1. The normalized spacial score (nSPS) is 15.9. The van der Waals surface area contributed by atoms with Gasteiger partial charge in [-0.05, 0) is 24.3 Å². The Morgan fingerprint density at radius 2 is 1.90 bits per heavy atom. The molecule has 0 bridgehead atoms. The van der Waals surface area contributed by atoms with Gasteiger partial charge in [-0.3, -0.25) is 9.69 Å². The van der Waals surface area contributed by atoms with Crippen LogP contribution < -0.4 is 0 Å². The molecule has 0 spiro atoms. The maximum atomic E-state index is 13.6. The zero-order chi connectivity index (χ0) is 15.0. The van der Waals surface area contributed by atoms with Gasteiger partial charge >= 0.3 is 5.97 Å². The van der Waals surface area contributed by atoms with Crippen molar-refractivity contribution < 1.29 is 23.1 Å². The Bertz CT molecular complexity index is 657. The van der Waals surface area contributed by atoms with Gasteiger partial charge in [0.15, 0.2) is 0 Å². The minimum absolute atomic E-state index is 0.135. The number of aliphatic carboxylic acids is 1. The summed E-state index contributed by atoms with van der Waals surface area (Å²) in [6.07, 6.45) is 0. The minimum atomic E-state index is -0.806. The van der Waals surface area contributed by atoms with E-state index in [0.29, 0.717) is 25.4 Å². The second-order valence-electron chi connectivity index (χ2n) is 5.09. The lowest BCUT2D eigenvalue weighted by Crippen LogP contribution is -2.49. The van der Waals surface area contributed by atoms with E-state index in [4.69, 9.17) is 9.52 Å². The van der Waals surface area contributed by atoms with Crippen LogP contribution in [0.15, 0.2) is 34.7 Å². The van der Waals surface area contributed by atoms with Crippen LogP contribution in [0.1, 0.15) is 5.76 Å². The highest BCUT2D eigenvalue weighted by molar-refractivity contribution is 5.71. The molecule has 0 unspecified atom stereocenters. The Balaban J connectivity index is 1.71. The molecule has 2 heterocycles. The summed E-state index contributed by atoms with van der Waals surface area (Å²) in [5.41, 5.74) is -0.184. The van der Waals surface area contributed by atoms with Gasteiger partial charge in [-0.15, -0.1) is 0 Å². The highest BCUT2D eigenvalue weighted by atomic mass is 19.1. The highest BCUT2D eigenvalue weighted by Gasteiger charge is 2.32. The highest BCUT2D eigenvalue weighted by Crippen LogP contribution is 2.29. The number of carboxylic acids is 1. The molecule has 1 aliphatic rings. The lowest BCUT2D eigenvalue weighted by atomic mass is 10.0. The monoisotopic (exact) mass is 293 g/mol. The van der Waals surface area contributed by atoms with Crippen LogP contribution in [0.4, 0.5) is 8.78 Å². The number of hydrogen-bond acceptors (Lipinski definition) is 3. The summed E-state index contributed by atoms with van der Waals surface area (Å²) in [7, 11) is 0. The number of halogens is 2. The third kappa shape index (κ3) is 2.67. The van der Waals surface area contributed by atoms with Crippen LogP contribution in [0.5, 0.6) is 0 Å². The van der Waals surface area contributed by atoms with Crippen molar-refractivity contribution in [2.24, 2.45) is 5.92 Å². The van der Waals surface area contributed by atoms with Gasteiger partial charge in [0.05, 0.1) is 18.0 Å². The zero-order valence-corrected chi connectivity index (χ0v) is 11.1. The predicted molar refractivity (Wildman–Crippen MR) is 70.5 cm³/mol. The predicted octanol–water partition coefficient (Wildman–Crippen LogP) is 2.74. The minimum Gasteiger partial charge on any atom is -0.481 e. The number of carboxylic acid groups (broad SMARTS) is 1. The van der Waals surface area contributed by atoms with E-state index in [-0.39, 0.29) is 17.2 Å². The topological polar surface area (TPSA) is 53.7 Å². The van der Waals surface area contributed by atoms with Crippen LogP contribution in [0, 0.1) is 17.6 Å². The summed E-state index contributed by atoms with van der Waals surface area (Å²) < 4.78 is 32.8. The first kappa shape index (κ1) is 13.8. The van der Waals surface area contributed by atoms with Crippen LogP contribution in [0.25, 0.3) is 11.3 Å². The Labute approximate surface area is 119 Å². The Morgan fingerprint density at radius 3 is 2.52 bits per heavy atom. The lowest BCUT2D eigenvalue weighted by molar-refractivity contribution is -0.147. The molecule has 6 heteroatoms. The van der Waals surface area contributed by atoms with E-state index in [1.54, 1.807) is 6.07 Å². The van der Waals surface area contributed by atoms with Crippen LogP contribution in [-0.2, 0) is 11.3 Å². The van der Waals surface area contributed by atoms with Crippen molar-refractivity contribution in [2.75, 3.05) is 13.1 Å². The summed E-state index contributed by atoms with van der Waals surface area (Å²) in [5, 5.41) is 8.80. The molecule has 21 heavy (non-hydrogen) atoms. The third-order valence-electron chi connectivity index (χ3n) is 3.56. The number of nitrogens with zero attached hydrogens (tertiary/aromatic N) is 1. The van der Waals surface area contributed by atoms with Gasteiger partial charge in [0, 0.05) is 13.1 Å². The molecule has 1 aromatic carbocycles. The van der Waals surface area contributed by atoms with Crippen LogP contribution in [-0.4, -0.2) is 29.1 Å². The molecular formula is C15H13F2NO3. The average Bonchev–Trinajstić information content (AvgIpc) is 2.81. The molecule has 1 fully saturated rings. The maximum absolute atomic E-state index is 13.6. The maximum Gasteiger partial charge on any atom is 0.309 e. The standard InChI is InChI=1S/C15H13F2NO3/c16-11-2-1-3-12(17)14(11)13-5-4-10(21-13)8-18-6-9(7-18)15(19)20/h1-5,9H,6-8H2,(H,19,20). The first-order chi connectivity index (χ1) is 10.0. The molecule has 0 atom stereocenters. The Morgan fingerprint density at radius 1 is 1.24 bits per heavy atom. The smallest absolute Gasteiger partial charge is 0.309 e. The number of carbonyl (C=O) groups is 1. The molecular weight excluding hydrogens is 280 g/mol. The van der Waals surface area contributed by atoms with Gasteiger partial charge < -0.3 is 9.52 Å². The summed E-state index contributed by atoms with van der Waals surface area (Å²) in [5.74, 6) is -1.81. The summed E-state index contributed by atoms with van der Waals surface area (Å²) in [4.78, 5) is 12.6. The van der Waals surface area contributed by atoms with Crippen molar-refractivity contribution in [1.29, 1.82) is 0 Å². The number of rotatable bonds is 4. The fourth-order valence-corrected chi connectivity index (χ4v) is 2.41. The van der Waals surface area contributed by atoms with E-state index in [1.165, 1.54) is 24.3 Å². The first-order valence-electron chi connectivity index (χ1n) is 6.53. The van der Waals surface area contributed by atoms with Crippen molar-refractivity contribution in [3.63, 3.8) is 0 Å². The third-order valence-corrected chi connectivity index (χ3v) is 3.56. The molecule has 1 aromatic heterocycles. The number of hydrogen-bond donors (Lipinski definition) is 1. The largest absolute Gasteiger partial charge is 0.481 e. The molecule has 0 saturated carbocycles. The SMILES string of the molecule is O=C(O)C1CN(Cc2ccc(-c3c(F)cccc3F)o2)C1. The summed E-state index contributed by atoms with van der Waals surface area (Å²) in [6, 6.07) is 6.81. The van der Waals surface area contributed by atoms with Gasteiger partial charge in [-0.1, -0.05) is 6.07 Å². The molecule has 4 nitrogen and oxygen atoms in total. The Kier molecular flexibility index (Phi) is 3.47. The summed E-state index contributed by atoms with van der Waals surface area (Å²) in [6.45, 7) is 1.35. The van der Waals surface area contributed by atoms with Crippen molar-refractivity contribution in [1.82, 2.24) is 4.90 Å². The van der Waals surface area contributed by atoms with Gasteiger partial charge in [-0.25, -0.2) is 8.78 Å². The van der Waals surface area contributed by atoms with Crippen LogP contribution in [0.2, 0.25) is 0 Å². The first-order valence-corrected chi connectivity index (χ1v) is 6.53. The van der Waals surface area contributed by atoms with E-state index in [9.17, 15) is 13.6 Å². The van der Waals surface area contributed by atoms with Gasteiger partial charge in [0.1, 0.15) is 23.2 Å². The van der Waals surface area contributed by atoms with Gasteiger partial charge in [0.25, 0.3) is 0 Å². The van der Waals surface area contributed by atoms with Crippen molar-refractivity contribution >= 4 is 5.97 Å². The second kappa shape index (κ2) is 5.29. The molecule has 0 aliphatic carbocycles. The summed E-state index contributed by atoms with van der Waals surface area (Å²) >= 11 is 0. The van der Waals surface area contributed by atoms with Crippen LogP contribution >= 0.6 is 0 Å².